The first kappa shape index (κ1) is 11.3. The smallest absolute Gasteiger partial charge is 0.191 e. The van der Waals surface area contributed by atoms with Crippen molar-refractivity contribution in [2.45, 2.75) is 18.9 Å². The highest BCUT2D eigenvalue weighted by molar-refractivity contribution is 7.90. The van der Waals surface area contributed by atoms with Crippen LogP contribution in [0.25, 0.3) is 0 Å². The van der Waals surface area contributed by atoms with Gasteiger partial charge in [0.1, 0.15) is 9.84 Å². The standard InChI is InChI=1S/C8H17N3O2S/c1-11(5-6-14(2,12)13)8(9)10-7-3-4-7/h7H,3-6H2,1-2H3,(H2,9,10). The maximum absolute atomic E-state index is 10.9. The predicted octanol–water partition coefficient (Wildman–Crippen LogP) is -0.560. The van der Waals surface area contributed by atoms with Gasteiger partial charge < -0.3 is 10.6 Å². The van der Waals surface area contributed by atoms with Crippen LogP contribution in [0.1, 0.15) is 12.8 Å². The Morgan fingerprint density at radius 3 is 2.57 bits per heavy atom. The minimum atomic E-state index is -2.92. The van der Waals surface area contributed by atoms with Gasteiger partial charge in [0.25, 0.3) is 0 Å². The summed E-state index contributed by atoms with van der Waals surface area (Å²) in [5.41, 5.74) is 5.67. The van der Waals surface area contributed by atoms with Crippen LogP contribution in [0.15, 0.2) is 4.99 Å². The molecule has 82 valence electrons. The third kappa shape index (κ3) is 4.45. The summed E-state index contributed by atoms with van der Waals surface area (Å²) in [6, 6.07) is 0.371. The maximum atomic E-state index is 10.9. The molecule has 5 nitrogen and oxygen atoms in total. The Hall–Kier alpha value is -0.780. The monoisotopic (exact) mass is 219 g/mol. The molecule has 0 aromatic heterocycles. The first-order valence-corrected chi connectivity index (χ1v) is 6.66. The van der Waals surface area contributed by atoms with Crippen molar-refractivity contribution in [1.82, 2.24) is 4.90 Å². The molecular weight excluding hydrogens is 202 g/mol. The first-order valence-electron chi connectivity index (χ1n) is 4.60. The van der Waals surface area contributed by atoms with E-state index in [1.807, 2.05) is 0 Å². The van der Waals surface area contributed by atoms with Gasteiger partial charge in [0.2, 0.25) is 0 Å². The van der Waals surface area contributed by atoms with Crippen molar-refractivity contribution in [1.29, 1.82) is 0 Å². The highest BCUT2D eigenvalue weighted by Crippen LogP contribution is 2.23. The van der Waals surface area contributed by atoms with Crippen molar-refractivity contribution in [3.05, 3.63) is 0 Å². The number of nitrogens with zero attached hydrogens (tertiary/aromatic N) is 2. The van der Waals surface area contributed by atoms with Gasteiger partial charge in [-0.2, -0.15) is 0 Å². The molecule has 6 heteroatoms. The largest absolute Gasteiger partial charge is 0.370 e. The summed E-state index contributed by atoms with van der Waals surface area (Å²) in [4.78, 5) is 5.89. The Morgan fingerprint density at radius 2 is 2.14 bits per heavy atom. The SMILES string of the molecule is CN(CCS(C)(=O)=O)C(N)=NC1CC1. The zero-order chi connectivity index (χ0) is 10.8. The van der Waals surface area contributed by atoms with Gasteiger partial charge in [-0.3, -0.25) is 0 Å². The molecule has 0 amide bonds. The molecule has 0 bridgehead atoms. The normalized spacial score (nSPS) is 18.3. The van der Waals surface area contributed by atoms with Gasteiger partial charge in [-0.1, -0.05) is 0 Å². The summed E-state index contributed by atoms with van der Waals surface area (Å²) in [5, 5.41) is 0. The van der Waals surface area contributed by atoms with Crippen molar-refractivity contribution < 1.29 is 8.42 Å². The van der Waals surface area contributed by atoms with Crippen LogP contribution in [0.4, 0.5) is 0 Å². The number of aliphatic imine (C=N–C) groups is 1. The molecule has 0 heterocycles. The molecule has 0 spiro atoms. The average Bonchev–Trinajstić information content (AvgIpc) is 2.82. The van der Waals surface area contributed by atoms with Crippen molar-refractivity contribution >= 4 is 15.8 Å². The molecule has 14 heavy (non-hydrogen) atoms. The number of hydrogen-bond donors (Lipinski definition) is 1. The van der Waals surface area contributed by atoms with Crippen LogP contribution in [0.2, 0.25) is 0 Å². The zero-order valence-electron chi connectivity index (χ0n) is 8.60. The van der Waals surface area contributed by atoms with Crippen LogP contribution in [-0.4, -0.2) is 50.9 Å². The topological polar surface area (TPSA) is 75.8 Å². The molecule has 0 saturated heterocycles. The van der Waals surface area contributed by atoms with Gasteiger partial charge in [-0.15, -0.1) is 0 Å². The number of sulfone groups is 1. The van der Waals surface area contributed by atoms with E-state index < -0.39 is 9.84 Å². The lowest BCUT2D eigenvalue weighted by molar-refractivity contribution is 0.518. The van der Waals surface area contributed by atoms with E-state index in [-0.39, 0.29) is 5.75 Å². The van der Waals surface area contributed by atoms with Crippen LogP contribution in [0.5, 0.6) is 0 Å². The molecule has 1 rings (SSSR count). The van der Waals surface area contributed by atoms with E-state index in [0.29, 0.717) is 18.5 Å². The van der Waals surface area contributed by atoms with Crippen molar-refractivity contribution in [2.75, 3.05) is 25.6 Å². The minimum Gasteiger partial charge on any atom is -0.370 e. The average molecular weight is 219 g/mol. The fourth-order valence-electron chi connectivity index (χ4n) is 0.907. The highest BCUT2D eigenvalue weighted by Gasteiger charge is 2.21. The van der Waals surface area contributed by atoms with Crippen LogP contribution >= 0.6 is 0 Å². The Morgan fingerprint density at radius 1 is 1.57 bits per heavy atom. The molecule has 0 unspecified atom stereocenters. The predicted molar refractivity (Wildman–Crippen MR) is 57.0 cm³/mol. The number of nitrogens with two attached hydrogens (primary N) is 1. The van der Waals surface area contributed by atoms with E-state index in [9.17, 15) is 8.42 Å². The molecule has 1 aliphatic rings. The molecule has 0 aromatic rings. The third-order valence-corrected chi connectivity index (χ3v) is 2.97. The van der Waals surface area contributed by atoms with Gasteiger partial charge in [0.05, 0.1) is 11.8 Å². The van der Waals surface area contributed by atoms with Crippen molar-refractivity contribution in [3.8, 4) is 0 Å². The van der Waals surface area contributed by atoms with Crippen LogP contribution in [0, 0.1) is 0 Å². The second-order valence-electron chi connectivity index (χ2n) is 3.77. The Balaban J connectivity index is 2.37. The lowest BCUT2D eigenvalue weighted by Crippen LogP contribution is -2.37. The number of guanidine groups is 1. The van der Waals surface area contributed by atoms with Crippen LogP contribution < -0.4 is 5.73 Å². The van der Waals surface area contributed by atoms with Gasteiger partial charge in [-0.05, 0) is 12.8 Å². The molecule has 0 aromatic carbocycles. The number of rotatable bonds is 4. The fraction of sp³-hybridized carbons (Fsp3) is 0.875. The van der Waals surface area contributed by atoms with Crippen molar-refractivity contribution in [2.24, 2.45) is 10.7 Å². The maximum Gasteiger partial charge on any atom is 0.191 e. The molecule has 0 radical (unpaired) electrons. The van der Waals surface area contributed by atoms with Crippen LogP contribution in [0.3, 0.4) is 0 Å². The Labute approximate surface area is 84.9 Å². The molecule has 0 aliphatic heterocycles. The quantitative estimate of drug-likeness (QED) is 0.508. The Bertz CT molecular complexity index is 319. The second-order valence-corrected chi connectivity index (χ2v) is 6.03. The minimum absolute atomic E-state index is 0.115. The second kappa shape index (κ2) is 4.16. The summed E-state index contributed by atoms with van der Waals surface area (Å²) >= 11 is 0. The van der Waals surface area contributed by atoms with Crippen LogP contribution in [-0.2, 0) is 9.84 Å². The molecule has 1 aliphatic carbocycles. The van der Waals surface area contributed by atoms with Gasteiger partial charge in [0, 0.05) is 19.8 Å². The third-order valence-electron chi connectivity index (χ3n) is 2.05. The first-order chi connectivity index (χ1) is 6.38. The molecule has 1 fully saturated rings. The van der Waals surface area contributed by atoms with Gasteiger partial charge in [-0.25, -0.2) is 13.4 Å². The summed E-state index contributed by atoms with van der Waals surface area (Å²) in [6.07, 6.45) is 3.41. The summed E-state index contributed by atoms with van der Waals surface area (Å²) in [6.45, 7) is 0.404. The molecule has 2 N–H and O–H groups in total. The summed E-state index contributed by atoms with van der Waals surface area (Å²) in [7, 11) is -1.16. The van der Waals surface area contributed by atoms with E-state index in [0.717, 1.165) is 12.8 Å². The van der Waals surface area contributed by atoms with E-state index in [1.165, 1.54) is 6.26 Å². The number of hydrogen-bond acceptors (Lipinski definition) is 3. The summed E-state index contributed by atoms with van der Waals surface area (Å²) in [5.74, 6) is 0.556. The van der Waals surface area contributed by atoms with Crippen molar-refractivity contribution in [3.63, 3.8) is 0 Å². The molecular formula is C8H17N3O2S. The fourth-order valence-corrected chi connectivity index (χ4v) is 1.51. The lowest BCUT2D eigenvalue weighted by Gasteiger charge is -2.17. The molecule has 1 saturated carbocycles. The van der Waals surface area contributed by atoms with E-state index in [4.69, 9.17) is 5.73 Å². The lowest BCUT2D eigenvalue weighted by atomic mass is 10.6. The Kier molecular flexibility index (Phi) is 3.36. The van der Waals surface area contributed by atoms with E-state index in [2.05, 4.69) is 4.99 Å². The zero-order valence-corrected chi connectivity index (χ0v) is 9.42. The van der Waals surface area contributed by atoms with E-state index in [1.54, 1.807) is 11.9 Å². The van der Waals surface area contributed by atoms with Gasteiger partial charge >= 0.3 is 0 Å². The highest BCUT2D eigenvalue weighted by atomic mass is 32.2. The summed E-state index contributed by atoms with van der Waals surface area (Å²) < 4.78 is 21.8. The van der Waals surface area contributed by atoms with Gasteiger partial charge in [0.15, 0.2) is 5.96 Å². The molecule has 0 atom stereocenters. The van der Waals surface area contributed by atoms with E-state index >= 15 is 0 Å².